The van der Waals surface area contributed by atoms with Crippen molar-refractivity contribution < 1.29 is 0 Å². The van der Waals surface area contributed by atoms with Crippen LogP contribution in [0.2, 0.25) is 0 Å². The molecule has 1 N–H and O–H groups in total. The van der Waals surface area contributed by atoms with Gasteiger partial charge in [-0.2, -0.15) is 0 Å². The summed E-state index contributed by atoms with van der Waals surface area (Å²) in [6, 6.07) is 1.99. The van der Waals surface area contributed by atoms with Crippen molar-refractivity contribution in [3.63, 3.8) is 0 Å². The topological polar surface area (TPSA) is 37.8 Å². The molecule has 1 rings (SSSR count). The number of nitrogens with one attached hydrogen (secondary N) is 1. The molecular formula is C10H17N3. The molecule has 0 fully saturated rings. The Kier molecular flexibility index (Phi) is 4.40. The van der Waals surface area contributed by atoms with Gasteiger partial charge in [0.2, 0.25) is 0 Å². The van der Waals surface area contributed by atoms with Crippen molar-refractivity contribution in [1.29, 1.82) is 0 Å². The Labute approximate surface area is 79.6 Å². The summed E-state index contributed by atoms with van der Waals surface area (Å²) in [5, 5.41) is 3.09. The Hall–Kier alpha value is -0.960. The molecule has 0 saturated carbocycles. The van der Waals surface area contributed by atoms with Crippen molar-refractivity contribution in [3.05, 3.63) is 23.8 Å². The third-order valence-electron chi connectivity index (χ3n) is 1.87. The summed E-state index contributed by atoms with van der Waals surface area (Å²) >= 11 is 0. The van der Waals surface area contributed by atoms with Crippen molar-refractivity contribution in [2.24, 2.45) is 0 Å². The van der Waals surface area contributed by atoms with E-state index in [1.807, 2.05) is 19.3 Å². The minimum Gasteiger partial charge on any atom is -0.319 e. The number of hydrogen-bond donors (Lipinski definition) is 1. The Balaban J connectivity index is 2.56. The maximum atomic E-state index is 4.45. The molecule has 1 aromatic rings. The SMILES string of the molecule is CCCc1ccnc(CCNC)n1. The number of likely N-dealkylation sites (N-methyl/N-ethyl adjacent to an activating group) is 1. The molecule has 3 heteroatoms. The Morgan fingerprint density at radius 2 is 2.23 bits per heavy atom. The first-order chi connectivity index (χ1) is 6.36. The van der Waals surface area contributed by atoms with Gasteiger partial charge in [-0.1, -0.05) is 13.3 Å². The Morgan fingerprint density at radius 1 is 1.38 bits per heavy atom. The van der Waals surface area contributed by atoms with Crippen molar-refractivity contribution in [2.45, 2.75) is 26.2 Å². The van der Waals surface area contributed by atoms with E-state index >= 15 is 0 Å². The molecule has 0 amide bonds. The molecule has 0 unspecified atom stereocenters. The smallest absolute Gasteiger partial charge is 0.129 e. The third kappa shape index (κ3) is 3.51. The summed E-state index contributed by atoms with van der Waals surface area (Å²) in [7, 11) is 1.94. The van der Waals surface area contributed by atoms with Gasteiger partial charge in [-0.05, 0) is 19.5 Å². The summed E-state index contributed by atoms with van der Waals surface area (Å²) < 4.78 is 0. The van der Waals surface area contributed by atoms with Gasteiger partial charge < -0.3 is 5.32 Å². The van der Waals surface area contributed by atoms with Crippen LogP contribution in [0.4, 0.5) is 0 Å². The van der Waals surface area contributed by atoms with Gasteiger partial charge in [0.15, 0.2) is 0 Å². The van der Waals surface area contributed by atoms with E-state index in [1.54, 1.807) is 0 Å². The van der Waals surface area contributed by atoms with E-state index in [0.29, 0.717) is 0 Å². The average Bonchev–Trinajstić information content (AvgIpc) is 2.16. The predicted octanol–water partition coefficient (Wildman–Crippen LogP) is 1.19. The van der Waals surface area contributed by atoms with Crippen LogP contribution in [-0.2, 0) is 12.8 Å². The summed E-state index contributed by atoms with van der Waals surface area (Å²) in [5.74, 6) is 0.945. The molecule has 72 valence electrons. The van der Waals surface area contributed by atoms with E-state index in [1.165, 1.54) is 0 Å². The normalized spacial score (nSPS) is 10.3. The molecule has 0 aliphatic carbocycles. The number of rotatable bonds is 5. The molecule has 0 radical (unpaired) electrons. The molecule has 0 aromatic carbocycles. The molecule has 0 saturated heterocycles. The van der Waals surface area contributed by atoms with Gasteiger partial charge in [0, 0.05) is 24.9 Å². The Morgan fingerprint density at radius 3 is 2.92 bits per heavy atom. The quantitative estimate of drug-likeness (QED) is 0.738. The van der Waals surface area contributed by atoms with Crippen molar-refractivity contribution >= 4 is 0 Å². The van der Waals surface area contributed by atoms with Crippen molar-refractivity contribution in [2.75, 3.05) is 13.6 Å². The highest BCUT2D eigenvalue weighted by Gasteiger charge is 1.97. The first-order valence-electron chi connectivity index (χ1n) is 4.82. The van der Waals surface area contributed by atoms with Crippen LogP contribution < -0.4 is 5.32 Å². The van der Waals surface area contributed by atoms with E-state index in [9.17, 15) is 0 Å². The highest BCUT2D eigenvalue weighted by molar-refractivity contribution is 5.02. The first kappa shape index (κ1) is 10.1. The highest BCUT2D eigenvalue weighted by atomic mass is 14.9. The van der Waals surface area contributed by atoms with Crippen LogP contribution in [0, 0.1) is 0 Å². The number of aryl methyl sites for hydroxylation is 1. The van der Waals surface area contributed by atoms with Crippen LogP contribution in [0.3, 0.4) is 0 Å². The molecule has 1 heterocycles. The van der Waals surface area contributed by atoms with Gasteiger partial charge in [0.25, 0.3) is 0 Å². The minimum atomic E-state index is 0.911. The molecule has 0 spiro atoms. The van der Waals surface area contributed by atoms with Crippen LogP contribution in [0.15, 0.2) is 12.3 Å². The fourth-order valence-electron chi connectivity index (χ4n) is 1.19. The maximum Gasteiger partial charge on any atom is 0.129 e. The van der Waals surface area contributed by atoms with E-state index in [0.717, 1.165) is 37.3 Å². The van der Waals surface area contributed by atoms with Gasteiger partial charge in [-0.3, -0.25) is 0 Å². The fraction of sp³-hybridized carbons (Fsp3) is 0.600. The molecule has 0 atom stereocenters. The molecule has 0 aliphatic heterocycles. The second kappa shape index (κ2) is 5.65. The number of nitrogens with zero attached hydrogens (tertiary/aromatic N) is 2. The van der Waals surface area contributed by atoms with Gasteiger partial charge in [0.1, 0.15) is 5.82 Å². The molecule has 3 nitrogen and oxygen atoms in total. The van der Waals surface area contributed by atoms with Crippen LogP contribution in [-0.4, -0.2) is 23.6 Å². The second-order valence-electron chi connectivity index (χ2n) is 3.07. The summed E-state index contributed by atoms with van der Waals surface area (Å²) in [4.78, 5) is 8.66. The van der Waals surface area contributed by atoms with Crippen molar-refractivity contribution in [3.8, 4) is 0 Å². The standard InChI is InChI=1S/C10H17N3/c1-3-4-9-5-8-12-10(13-9)6-7-11-2/h5,8,11H,3-4,6-7H2,1-2H3. The largest absolute Gasteiger partial charge is 0.319 e. The predicted molar refractivity (Wildman–Crippen MR) is 53.7 cm³/mol. The highest BCUT2D eigenvalue weighted by Crippen LogP contribution is 1.99. The van der Waals surface area contributed by atoms with Crippen LogP contribution in [0.5, 0.6) is 0 Å². The van der Waals surface area contributed by atoms with Gasteiger partial charge >= 0.3 is 0 Å². The molecule has 13 heavy (non-hydrogen) atoms. The lowest BCUT2D eigenvalue weighted by Crippen LogP contribution is -2.12. The third-order valence-corrected chi connectivity index (χ3v) is 1.87. The summed E-state index contributed by atoms with van der Waals surface area (Å²) in [6.07, 6.45) is 4.95. The molecule has 0 aliphatic rings. The fourth-order valence-corrected chi connectivity index (χ4v) is 1.19. The second-order valence-corrected chi connectivity index (χ2v) is 3.07. The maximum absolute atomic E-state index is 4.45. The summed E-state index contributed by atoms with van der Waals surface area (Å²) in [5.41, 5.74) is 1.16. The lowest BCUT2D eigenvalue weighted by molar-refractivity contribution is 0.742. The first-order valence-corrected chi connectivity index (χ1v) is 4.82. The molecule has 1 aromatic heterocycles. The van der Waals surface area contributed by atoms with Crippen LogP contribution >= 0.6 is 0 Å². The lowest BCUT2D eigenvalue weighted by Gasteiger charge is -2.01. The van der Waals surface area contributed by atoms with E-state index in [2.05, 4.69) is 22.2 Å². The minimum absolute atomic E-state index is 0.911. The zero-order chi connectivity index (χ0) is 9.52. The van der Waals surface area contributed by atoms with E-state index < -0.39 is 0 Å². The Bertz CT molecular complexity index is 248. The van der Waals surface area contributed by atoms with Crippen LogP contribution in [0.25, 0.3) is 0 Å². The molecular weight excluding hydrogens is 162 g/mol. The number of aromatic nitrogens is 2. The van der Waals surface area contributed by atoms with Crippen molar-refractivity contribution in [1.82, 2.24) is 15.3 Å². The van der Waals surface area contributed by atoms with E-state index in [-0.39, 0.29) is 0 Å². The van der Waals surface area contributed by atoms with Gasteiger partial charge in [-0.15, -0.1) is 0 Å². The van der Waals surface area contributed by atoms with Gasteiger partial charge in [0.05, 0.1) is 0 Å². The van der Waals surface area contributed by atoms with Crippen LogP contribution in [0.1, 0.15) is 24.9 Å². The van der Waals surface area contributed by atoms with E-state index in [4.69, 9.17) is 0 Å². The summed E-state index contributed by atoms with van der Waals surface area (Å²) in [6.45, 7) is 3.10. The van der Waals surface area contributed by atoms with Gasteiger partial charge in [-0.25, -0.2) is 9.97 Å². The zero-order valence-electron chi connectivity index (χ0n) is 8.38. The average molecular weight is 179 g/mol. The molecule has 0 bridgehead atoms. The number of hydrogen-bond acceptors (Lipinski definition) is 3. The lowest BCUT2D eigenvalue weighted by atomic mass is 10.2. The zero-order valence-corrected chi connectivity index (χ0v) is 8.38. The monoisotopic (exact) mass is 179 g/mol.